The SMILES string of the molecule is CCCNC(=O)NC(=O)COC(=O)CSCc1ccc(C)cc1. The van der Waals surface area contributed by atoms with Gasteiger partial charge in [0.15, 0.2) is 6.61 Å². The highest BCUT2D eigenvalue weighted by Gasteiger charge is 2.10. The normalized spacial score (nSPS) is 10.0. The third-order valence-electron chi connectivity index (χ3n) is 2.76. The van der Waals surface area contributed by atoms with Crippen molar-refractivity contribution < 1.29 is 19.1 Å². The number of carbonyl (C=O) groups excluding carboxylic acids is 3. The fourth-order valence-electron chi connectivity index (χ4n) is 1.57. The van der Waals surface area contributed by atoms with Crippen LogP contribution in [-0.4, -0.2) is 36.8 Å². The van der Waals surface area contributed by atoms with Crippen molar-refractivity contribution in [3.63, 3.8) is 0 Å². The van der Waals surface area contributed by atoms with Crippen molar-refractivity contribution in [2.24, 2.45) is 0 Å². The summed E-state index contributed by atoms with van der Waals surface area (Å²) in [4.78, 5) is 34.1. The molecule has 1 rings (SSSR count). The van der Waals surface area contributed by atoms with Gasteiger partial charge < -0.3 is 10.1 Å². The third-order valence-corrected chi connectivity index (χ3v) is 3.74. The van der Waals surface area contributed by atoms with E-state index in [0.717, 1.165) is 12.0 Å². The third kappa shape index (κ3) is 8.87. The van der Waals surface area contributed by atoms with Crippen molar-refractivity contribution >= 4 is 29.7 Å². The summed E-state index contributed by atoms with van der Waals surface area (Å²) in [6, 6.07) is 7.47. The van der Waals surface area contributed by atoms with Gasteiger partial charge in [-0.25, -0.2) is 4.79 Å². The Morgan fingerprint density at radius 3 is 2.52 bits per heavy atom. The summed E-state index contributed by atoms with van der Waals surface area (Å²) in [5, 5.41) is 4.58. The van der Waals surface area contributed by atoms with Gasteiger partial charge in [0.05, 0.1) is 5.75 Å². The highest BCUT2D eigenvalue weighted by atomic mass is 32.2. The highest BCUT2D eigenvalue weighted by Crippen LogP contribution is 2.13. The Bertz CT molecular complexity index is 531. The number of esters is 1. The molecule has 0 spiro atoms. The maximum absolute atomic E-state index is 11.5. The molecule has 7 heteroatoms. The van der Waals surface area contributed by atoms with E-state index in [1.54, 1.807) is 0 Å². The topological polar surface area (TPSA) is 84.5 Å². The predicted molar refractivity (Wildman–Crippen MR) is 90.1 cm³/mol. The minimum atomic E-state index is -0.643. The van der Waals surface area contributed by atoms with Gasteiger partial charge in [-0.1, -0.05) is 36.8 Å². The van der Waals surface area contributed by atoms with E-state index in [1.165, 1.54) is 17.3 Å². The van der Waals surface area contributed by atoms with Crippen LogP contribution in [0.25, 0.3) is 0 Å². The first-order chi connectivity index (χ1) is 11.0. The molecule has 0 heterocycles. The van der Waals surface area contributed by atoms with Gasteiger partial charge in [-0.2, -0.15) is 0 Å². The molecular formula is C16H22N2O4S. The molecule has 0 unspecified atom stereocenters. The van der Waals surface area contributed by atoms with Crippen LogP contribution in [0.4, 0.5) is 4.79 Å². The Hall–Kier alpha value is -2.02. The van der Waals surface area contributed by atoms with E-state index in [-0.39, 0.29) is 5.75 Å². The number of carbonyl (C=O) groups is 3. The average molecular weight is 338 g/mol. The number of aryl methyl sites for hydroxylation is 1. The lowest BCUT2D eigenvalue weighted by Crippen LogP contribution is -2.41. The van der Waals surface area contributed by atoms with Crippen molar-refractivity contribution in [3.05, 3.63) is 35.4 Å². The van der Waals surface area contributed by atoms with Gasteiger partial charge >= 0.3 is 12.0 Å². The monoisotopic (exact) mass is 338 g/mol. The minimum Gasteiger partial charge on any atom is -0.455 e. The maximum atomic E-state index is 11.5. The van der Waals surface area contributed by atoms with E-state index in [4.69, 9.17) is 4.74 Å². The van der Waals surface area contributed by atoms with Gasteiger partial charge in [0, 0.05) is 12.3 Å². The zero-order valence-electron chi connectivity index (χ0n) is 13.4. The standard InChI is InChI=1S/C16H22N2O4S/c1-3-8-17-16(21)18-14(19)9-22-15(20)11-23-10-13-6-4-12(2)5-7-13/h4-7H,3,8-11H2,1-2H3,(H2,17,18,19,21). The molecule has 0 aliphatic rings. The zero-order valence-corrected chi connectivity index (χ0v) is 14.2. The van der Waals surface area contributed by atoms with Crippen LogP contribution in [0.3, 0.4) is 0 Å². The van der Waals surface area contributed by atoms with Crippen LogP contribution >= 0.6 is 11.8 Å². The van der Waals surface area contributed by atoms with Gasteiger partial charge in [0.2, 0.25) is 0 Å². The Kier molecular flexibility index (Phi) is 8.82. The van der Waals surface area contributed by atoms with Gasteiger partial charge in [0.1, 0.15) is 0 Å². The summed E-state index contributed by atoms with van der Waals surface area (Å²) in [6.45, 7) is 3.94. The van der Waals surface area contributed by atoms with Crippen LogP contribution in [0.15, 0.2) is 24.3 Å². The Morgan fingerprint density at radius 1 is 1.17 bits per heavy atom. The molecule has 6 nitrogen and oxygen atoms in total. The number of hydrogen-bond donors (Lipinski definition) is 2. The molecule has 0 aliphatic carbocycles. The predicted octanol–water partition coefficient (Wildman–Crippen LogP) is 2.01. The first-order valence-electron chi connectivity index (χ1n) is 7.38. The lowest BCUT2D eigenvalue weighted by molar-refractivity contribution is -0.145. The number of thioether (sulfide) groups is 1. The molecule has 0 aromatic heterocycles. The first kappa shape index (κ1) is 19.0. The fraction of sp³-hybridized carbons (Fsp3) is 0.438. The van der Waals surface area contributed by atoms with Crippen LogP contribution < -0.4 is 10.6 Å². The van der Waals surface area contributed by atoms with Gasteiger partial charge in [-0.3, -0.25) is 14.9 Å². The molecule has 2 N–H and O–H groups in total. The van der Waals surface area contributed by atoms with Gasteiger partial charge in [-0.15, -0.1) is 11.8 Å². The quantitative estimate of drug-likeness (QED) is 0.708. The number of urea groups is 1. The lowest BCUT2D eigenvalue weighted by Gasteiger charge is -2.07. The largest absolute Gasteiger partial charge is 0.455 e. The Labute approximate surface area is 140 Å². The summed E-state index contributed by atoms with van der Waals surface area (Å²) >= 11 is 1.41. The molecule has 126 valence electrons. The first-order valence-corrected chi connectivity index (χ1v) is 8.53. The van der Waals surface area contributed by atoms with E-state index in [0.29, 0.717) is 12.3 Å². The van der Waals surface area contributed by atoms with Gasteiger partial charge in [0.25, 0.3) is 5.91 Å². The van der Waals surface area contributed by atoms with Gasteiger partial charge in [-0.05, 0) is 18.9 Å². The smallest absolute Gasteiger partial charge is 0.321 e. The van der Waals surface area contributed by atoms with Crippen molar-refractivity contribution in [1.29, 1.82) is 0 Å². The Morgan fingerprint density at radius 2 is 1.87 bits per heavy atom. The average Bonchev–Trinajstić information content (AvgIpc) is 2.53. The van der Waals surface area contributed by atoms with Crippen LogP contribution in [0.5, 0.6) is 0 Å². The number of hydrogen-bond acceptors (Lipinski definition) is 5. The van der Waals surface area contributed by atoms with E-state index >= 15 is 0 Å². The molecule has 0 atom stereocenters. The number of imide groups is 1. The van der Waals surface area contributed by atoms with Crippen LogP contribution in [0, 0.1) is 6.92 Å². The molecule has 3 amide bonds. The number of nitrogens with one attached hydrogen (secondary N) is 2. The maximum Gasteiger partial charge on any atom is 0.321 e. The molecule has 0 bridgehead atoms. The molecule has 23 heavy (non-hydrogen) atoms. The number of benzene rings is 1. The zero-order chi connectivity index (χ0) is 17.1. The van der Waals surface area contributed by atoms with Crippen molar-refractivity contribution in [3.8, 4) is 0 Å². The van der Waals surface area contributed by atoms with Crippen molar-refractivity contribution in [1.82, 2.24) is 10.6 Å². The summed E-state index contributed by atoms with van der Waals surface area (Å²) < 4.78 is 4.81. The van der Waals surface area contributed by atoms with E-state index in [2.05, 4.69) is 10.6 Å². The Balaban J connectivity index is 2.15. The summed E-state index contributed by atoms with van der Waals surface area (Å²) in [6.07, 6.45) is 0.773. The second kappa shape index (κ2) is 10.7. The number of ether oxygens (including phenoxy) is 1. The van der Waals surface area contributed by atoms with Crippen LogP contribution in [0.1, 0.15) is 24.5 Å². The second-order valence-electron chi connectivity index (χ2n) is 4.94. The van der Waals surface area contributed by atoms with Crippen LogP contribution in [0.2, 0.25) is 0 Å². The summed E-state index contributed by atoms with van der Waals surface area (Å²) in [7, 11) is 0. The van der Waals surface area contributed by atoms with E-state index in [1.807, 2.05) is 38.1 Å². The summed E-state index contributed by atoms with van der Waals surface area (Å²) in [5.74, 6) is -0.272. The van der Waals surface area contributed by atoms with Crippen molar-refractivity contribution in [2.75, 3.05) is 18.9 Å². The lowest BCUT2D eigenvalue weighted by atomic mass is 10.2. The number of rotatable bonds is 8. The van der Waals surface area contributed by atoms with E-state index in [9.17, 15) is 14.4 Å². The molecule has 1 aromatic carbocycles. The van der Waals surface area contributed by atoms with E-state index < -0.39 is 24.5 Å². The minimum absolute atomic E-state index is 0.156. The second-order valence-corrected chi connectivity index (χ2v) is 5.93. The highest BCUT2D eigenvalue weighted by molar-refractivity contribution is 7.99. The molecule has 0 radical (unpaired) electrons. The molecule has 0 aliphatic heterocycles. The molecule has 0 fully saturated rings. The molecule has 1 aromatic rings. The van der Waals surface area contributed by atoms with Crippen molar-refractivity contribution in [2.45, 2.75) is 26.0 Å². The molecule has 0 saturated heterocycles. The summed E-state index contributed by atoms with van der Waals surface area (Å²) in [5.41, 5.74) is 2.31. The fourth-order valence-corrected chi connectivity index (χ4v) is 2.35. The molecule has 0 saturated carbocycles. The number of amides is 3. The molecular weight excluding hydrogens is 316 g/mol. The van der Waals surface area contributed by atoms with Crippen LogP contribution in [-0.2, 0) is 20.1 Å².